The third-order valence-corrected chi connectivity index (χ3v) is 6.51. The maximum atomic E-state index is 12.9. The number of imidazole rings is 1. The summed E-state index contributed by atoms with van der Waals surface area (Å²) in [6.45, 7) is 8.49. The number of nitrogens with zero attached hydrogens (tertiary/aromatic N) is 4. The molecule has 1 aliphatic rings. The third kappa shape index (κ3) is 6.26. The minimum atomic E-state index is -0.0939. The number of carbonyl (C=O) groups excluding carboxylic acids is 2. The molecule has 4 rings (SSSR count). The van der Waals surface area contributed by atoms with Crippen molar-refractivity contribution < 1.29 is 14.0 Å². The average Bonchev–Trinajstić information content (AvgIpc) is 3.49. The van der Waals surface area contributed by atoms with E-state index in [4.69, 9.17) is 9.40 Å². The number of aryl methyl sites for hydroxylation is 4. The number of likely N-dealkylation sites (tertiary alicyclic amines) is 1. The highest BCUT2D eigenvalue weighted by Gasteiger charge is 2.27. The molecule has 0 bridgehead atoms. The molecule has 1 aliphatic heterocycles. The van der Waals surface area contributed by atoms with Crippen LogP contribution in [0.2, 0.25) is 0 Å². The maximum Gasteiger partial charge on any atom is 0.253 e. The summed E-state index contributed by atoms with van der Waals surface area (Å²) in [5.41, 5.74) is 3.43. The zero-order valence-electron chi connectivity index (χ0n) is 20.7. The summed E-state index contributed by atoms with van der Waals surface area (Å²) < 4.78 is 7.61. The molecule has 0 aromatic carbocycles. The van der Waals surface area contributed by atoms with Crippen LogP contribution in [0.1, 0.15) is 64.0 Å². The second kappa shape index (κ2) is 11.2. The van der Waals surface area contributed by atoms with Crippen molar-refractivity contribution in [1.29, 1.82) is 0 Å². The predicted octanol–water partition coefficient (Wildman–Crippen LogP) is 4.04. The summed E-state index contributed by atoms with van der Waals surface area (Å²) in [5, 5.41) is 3.03. The Balaban J connectivity index is 1.33. The summed E-state index contributed by atoms with van der Waals surface area (Å²) in [6, 6.07) is 5.68. The van der Waals surface area contributed by atoms with Crippen molar-refractivity contribution in [2.45, 2.75) is 52.5 Å². The van der Waals surface area contributed by atoms with E-state index in [1.165, 1.54) is 0 Å². The molecule has 8 nitrogen and oxygen atoms in total. The number of furan rings is 1. The molecule has 0 saturated carbocycles. The van der Waals surface area contributed by atoms with E-state index in [0.717, 1.165) is 48.5 Å². The molecule has 4 heterocycles. The number of amides is 2. The Hall–Kier alpha value is -3.68. The van der Waals surface area contributed by atoms with Gasteiger partial charge in [-0.15, -0.1) is 0 Å². The fourth-order valence-electron chi connectivity index (χ4n) is 4.37. The van der Waals surface area contributed by atoms with Crippen LogP contribution in [0.15, 0.2) is 47.4 Å². The van der Waals surface area contributed by atoms with E-state index >= 15 is 0 Å². The first-order chi connectivity index (χ1) is 16.9. The normalized spacial score (nSPS) is 14.5. The lowest BCUT2D eigenvalue weighted by Crippen LogP contribution is -2.37. The van der Waals surface area contributed by atoms with Gasteiger partial charge in [0.25, 0.3) is 5.91 Å². The quantitative estimate of drug-likeness (QED) is 0.392. The van der Waals surface area contributed by atoms with Crippen LogP contribution in [0.4, 0.5) is 0 Å². The minimum absolute atomic E-state index is 0.0248. The van der Waals surface area contributed by atoms with Gasteiger partial charge in [0.1, 0.15) is 11.5 Å². The number of hydrogen-bond donors (Lipinski definition) is 1. The molecule has 1 fully saturated rings. The number of nitrogens with one attached hydrogen (secondary N) is 1. The molecule has 8 heteroatoms. The van der Waals surface area contributed by atoms with E-state index < -0.39 is 0 Å². The fraction of sp³-hybridized carbons (Fsp3) is 0.407. The second-order valence-corrected chi connectivity index (χ2v) is 9.12. The summed E-state index contributed by atoms with van der Waals surface area (Å²) in [4.78, 5) is 36.2. The van der Waals surface area contributed by atoms with Gasteiger partial charge in [0, 0.05) is 56.3 Å². The molecule has 0 unspecified atom stereocenters. The summed E-state index contributed by atoms with van der Waals surface area (Å²) in [5.74, 6) is 1.58. The van der Waals surface area contributed by atoms with Crippen LogP contribution in [0.25, 0.3) is 6.08 Å². The largest absolute Gasteiger partial charge is 0.462 e. The van der Waals surface area contributed by atoms with Crippen molar-refractivity contribution in [3.63, 3.8) is 0 Å². The third-order valence-electron chi connectivity index (χ3n) is 6.51. The van der Waals surface area contributed by atoms with Crippen molar-refractivity contribution in [2.24, 2.45) is 0 Å². The lowest BCUT2D eigenvalue weighted by molar-refractivity contribution is -0.127. The molecule has 35 heavy (non-hydrogen) atoms. The highest BCUT2D eigenvalue weighted by Crippen LogP contribution is 2.29. The van der Waals surface area contributed by atoms with E-state index in [1.807, 2.05) is 54.6 Å². The number of aromatic nitrogens is 3. The number of rotatable bonds is 8. The zero-order chi connectivity index (χ0) is 24.8. The fourth-order valence-corrected chi connectivity index (χ4v) is 4.37. The first kappa shape index (κ1) is 24.4. The Morgan fingerprint density at radius 2 is 2.00 bits per heavy atom. The zero-order valence-corrected chi connectivity index (χ0v) is 20.7. The van der Waals surface area contributed by atoms with Crippen LogP contribution < -0.4 is 5.32 Å². The number of hydrogen-bond acceptors (Lipinski definition) is 5. The Kier molecular flexibility index (Phi) is 7.80. The molecule has 2 amide bonds. The van der Waals surface area contributed by atoms with Gasteiger partial charge in [0.2, 0.25) is 5.91 Å². The van der Waals surface area contributed by atoms with E-state index in [1.54, 1.807) is 24.7 Å². The molecule has 0 aliphatic carbocycles. The molecular weight excluding hydrogens is 442 g/mol. The highest BCUT2D eigenvalue weighted by molar-refractivity contribution is 5.95. The van der Waals surface area contributed by atoms with Gasteiger partial charge in [-0.05, 0) is 69.9 Å². The van der Waals surface area contributed by atoms with Crippen molar-refractivity contribution in [3.05, 3.63) is 77.0 Å². The standard InChI is InChI=1S/C27H33N5O3/c1-19-17-23(35-21(19)3)6-8-25(33)32-14-9-22(10-15-32)26-24(7-5-20(2)30-26)27(34)29-11-4-13-31-16-12-28-18-31/h5-8,12,16-18,22H,4,9-11,13-15H2,1-3H3,(H,29,34). The number of piperidine rings is 1. The first-order valence-electron chi connectivity index (χ1n) is 12.2. The van der Waals surface area contributed by atoms with Gasteiger partial charge in [0.15, 0.2) is 0 Å². The van der Waals surface area contributed by atoms with Crippen LogP contribution in [0.5, 0.6) is 0 Å². The summed E-state index contributed by atoms with van der Waals surface area (Å²) in [6.07, 6.45) is 11.1. The lowest BCUT2D eigenvalue weighted by Gasteiger charge is -2.31. The molecule has 0 radical (unpaired) electrons. The van der Waals surface area contributed by atoms with Crippen molar-refractivity contribution in [3.8, 4) is 0 Å². The van der Waals surface area contributed by atoms with Crippen molar-refractivity contribution in [2.75, 3.05) is 19.6 Å². The van der Waals surface area contributed by atoms with Gasteiger partial charge < -0.3 is 19.2 Å². The Labute approximate surface area is 206 Å². The van der Waals surface area contributed by atoms with E-state index in [9.17, 15) is 9.59 Å². The molecule has 1 N–H and O–H groups in total. The van der Waals surface area contributed by atoms with Gasteiger partial charge in [-0.2, -0.15) is 0 Å². The van der Waals surface area contributed by atoms with Crippen molar-refractivity contribution in [1.82, 2.24) is 24.8 Å². The Morgan fingerprint density at radius 1 is 1.20 bits per heavy atom. The minimum Gasteiger partial charge on any atom is -0.462 e. The topological polar surface area (TPSA) is 93.3 Å². The lowest BCUT2D eigenvalue weighted by atomic mass is 9.89. The number of carbonyl (C=O) groups is 2. The highest BCUT2D eigenvalue weighted by atomic mass is 16.3. The molecule has 3 aromatic rings. The molecular formula is C27H33N5O3. The first-order valence-corrected chi connectivity index (χ1v) is 12.2. The SMILES string of the molecule is Cc1ccc(C(=O)NCCCn2ccnc2)c(C2CCN(C(=O)C=Cc3cc(C)c(C)o3)CC2)n1. The van der Waals surface area contributed by atoms with Gasteiger partial charge in [-0.25, -0.2) is 4.98 Å². The van der Waals surface area contributed by atoms with Gasteiger partial charge in [-0.1, -0.05) is 0 Å². The van der Waals surface area contributed by atoms with Gasteiger partial charge in [-0.3, -0.25) is 14.6 Å². The van der Waals surface area contributed by atoms with Crippen LogP contribution in [0.3, 0.4) is 0 Å². The van der Waals surface area contributed by atoms with E-state index in [2.05, 4.69) is 10.3 Å². The maximum absolute atomic E-state index is 12.9. The average molecular weight is 476 g/mol. The van der Waals surface area contributed by atoms with Crippen LogP contribution in [0, 0.1) is 20.8 Å². The van der Waals surface area contributed by atoms with Gasteiger partial charge >= 0.3 is 0 Å². The smallest absolute Gasteiger partial charge is 0.253 e. The molecule has 0 spiro atoms. The van der Waals surface area contributed by atoms with Crippen LogP contribution in [-0.2, 0) is 11.3 Å². The van der Waals surface area contributed by atoms with E-state index in [0.29, 0.717) is 31.0 Å². The molecule has 1 saturated heterocycles. The summed E-state index contributed by atoms with van der Waals surface area (Å²) >= 11 is 0. The van der Waals surface area contributed by atoms with Gasteiger partial charge in [0.05, 0.1) is 17.6 Å². The molecule has 0 atom stereocenters. The predicted molar refractivity (Wildman–Crippen MR) is 134 cm³/mol. The summed E-state index contributed by atoms with van der Waals surface area (Å²) in [7, 11) is 0. The monoisotopic (exact) mass is 475 g/mol. The second-order valence-electron chi connectivity index (χ2n) is 9.12. The Morgan fingerprint density at radius 3 is 2.69 bits per heavy atom. The van der Waals surface area contributed by atoms with Crippen LogP contribution in [-0.4, -0.2) is 50.9 Å². The molecule has 3 aromatic heterocycles. The van der Waals surface area contributed by atoms with E-state index in [-0.39, 0.29) is 17.7 Å². The molecule has 184 valence electrons. The Bertz CT molecular complexity index is 1170. The van der Waals surface area contributed by atoms with Crippen molar-refractivity contribution >= 4 is 17.9 Å². The van der Waals surface area contributed by atoms with Crippen LogP contribution >= 0.6 is 0 Å². The number of pyridine rings is 1.